The number of amides is 2. The Bertz CT molecular complexity index is 751. The Labute approximate surface area is 170 Å². The number of piperidine rings is 1. The predicted molar refractivity (Wildman–Crippen MR) is 108 cm³/mol. The Morgan fingerprint density at radius 2 is 2.00 bits per heavy atom. The van der Waals surface area contributed by atoms with Crippen LogP contribution in [0.15, 0.2) is 18.2 Å². The molecule has 2 amide bonds. The standard InChI is InChI=1S/C20H27ClN4O3/c1-23-7-6-16(20(23)27)24-8-4-15(5-9-24)22-19(26)13-25-10-11-28-18-3-2-14(21)12-17(18)25/h2-3,12,15-16H,4-11,13H2,1H3,(H,22,26). The lowest BCUT2D eigenvalue weighted by molar-refractivity contribution is -0.131. The van der Waals surface area contributed by atoms with Crippen molar-refractivity contribution in [3.05, 3.63) is 23.2 Å². The molecule has 0 radical (unpaired) electrons. The second-order valence-electron chi connectivity index (χ2n) is 7.82. The molecule has 3 aliphatic rings. The lowest BCUT2D eigenvalue weighted by Gasteiger charge is -2.36. The van der Waals surface area contributed by atoms with Crippen LogP contribution in [0.1, 0.15) is 19.3 Å². The van der Waals surface area contributed by atoms with E-state index in [4.69, 9.17) is 16.3 Å². The number of rotatable bonds is 4. The number of likely N-dealkylation sites (tertiary alicyclic amines) is 2. The van der Waals surface area contributed by atoms with Crippen LogP contribution < -0.4 is 15.0 Å². The zero-order chi connectivity index (χ0) is 19.7. The highest BCUT2D eigenvalue weighted by Crippen LogP contribution is 2.33. The second-order valence-corrected chi connectivity index (χ2v) is 8.26. The molecule has 1 unspecified atom stereocenters. The number of fused-ring (bicyclic) bond motifs is 1. The molecule has 28 heavy (non-hydrogen) atoms. The molecule has 3 heterocycles. The molecule has 4 rings (SSSR count). The van der Waals surface area contributed by atoms with Crippen LogP contribution in [0.3, 0.4) is 0 Å². The summed E-state index contributed by atoms with van der Waals surface area (Å²) in [7, 11) is 1.87. The summed E-state index contributed by atoms with van der Waals surface area (Å²) < 4.78 is 5.65. The van der Waals surface area contributed by atoms with Gasteiger partial charge in [-0.1, -0.05) is 11.6 Å². The van der Waals surface area contributed by atoms with Gasteiger partial charge in [0, 0.05) is 37.7 Å². The van der Waals surface area contributed by atoms with Crippen molar-refractivity contribution in [1.29, 1.82) is 0 Å². The normalized spacial score (nSPS) is 23.5. The smallest absolute Gasteiger partial charge is 0.239 e. The molecule has 0 bridgehead atoms. The molecule has 152 valence electrons. The molecule has 1 N–H and O–H groups in total. The minimum absolute atomic E-state index is 0.0166. The van der Waals surface area contributed by atoms with Gasteiger partial charge in [0.15, 0.2) is 0 Å². The van der Waals surface area contributed by atoms with Crippen LogP contribution in [0.5, 0.6) is 5.75 Å². The first-order valence-electron chi connectivity index (χ1n) is 9.97. The molecule has 2 saturated heterocycles. The van der Waals surface area contributed by atoms with Crippen LogP contribution in [0, 0.1) is 0 Å². The summed E-state index contributed by atoms with van der Waals surface area (Å²) in [6.45, 7) is 4.06. The van der Waals surface area contributed by atoms with Crippen LogP contribution in [0.2, 0.25) is 5.02 Å². The minimum atomic E-state index is 0.0166. The summed E-state index contributed by atoms with van der Waals surface area (Å²) in [5, 5.41) is 3.80. The molecule has 0 aliphatic carbocycles. The Morgan fingerprint density at radius 1 is 1.21 bits per heavy atom. The Morgan fingerprint density at radius 3 is 2.71 bits per heavy atom. The highest BCUT2D eigenvalue weighted by molar-refractivity contribution is 6.31. The van der Waals surface area contributed by atoms with Crippen molar-refractivity contribution in [3.8, 4) is 5.75 Å². The van der Waals surface area contributed by atoms with Gasteiger partial charge in [-0.2, -0.15) is 0 Å². The highest BCUT2D eigenvalue weighted by atomic mass is 35.5. The first-order valence-corrected chi connectivity index (χ1v) is 10.3. The average Bonchev–Trinajstić information content (AvgIpc) is 3.02. The van der Waals surface area contributed by atoms with Gasteiger partial charge in [-0.15, -0.1) is 0 Å². The average molecular weight is 407 g/mol. The Kier molecular flexibility index (Phi) is 5.64. The highest BCUT2D eigenvalue weighted by Gasteiger charge is 2.36. The van der Waals surface area contributed by atoms with Crippen LogP contribution in [-0.4, -0.2) is 80.1 Å². The van der Waals surface area contributed by atoms with Crippen molar-refractivity contribution in [2.24, 2.45) is 0 Å². The molecule has 0 saturated carbocycles. The molecule has 1 aromatic carbocycles. The maximum atomic E-state index is 12.6. The lowest BCUT2D eigenvalue weighted by Crippen LogP contribution is -2.51. The monoisotopic (exact) mass is 406 g/mol. The van der Waals surface area contributed by atoms with E-state index < -0.39 is 0 Å². The van der Waals surface area contributed by atoms with E-state index in [-0.39, 0.29) is 23.9 Å². The van der Waals surface area contributed by atoms with E-state index in [0.29, 0.717) is 24.7 Å². The van der Waals surface area contributed by atoms with Gasteiger partial charge in [-0.25, -0.2) is 0 Å². The van der Waals surface area contributed by atoms with Crippen LogP contribution in [-0.2, 0) is 9.59 Å². The topological polar surface area (TPSA) is 65.1 Å². The summed E-state index contributed by atoms with van der Waals surface area (Å²) >= 11 is 6.11. The summed E-state index contributed by atoms with van der Waals surface area (Å²) in [5.41, 5.74) is 0.868. The van der Waals surface area contributed by atoms with E-state index >= 15 is 0 Å². The van der Waals surface area contributed by atoms with Crippen molar-refractivity contribution < 1.29 is 14.3 Å². The molecule has 1 aromatic rings. The van der Waals surface area contributed by atoms with Gasteiger partial charge in [-0.3, -0.25) is 14.5 Å². The van der Waals surface area contributed by atoms with Crippen molar-refractivity contribution >= 4 is 29.1 Å². The third-order valence-corrected chi connectivity index (χ3v) is 6.18. The zero-order valence-corrected chi connectivity index (χ0v) is 17.0. The van der Waals surface area contributed by atoms with E-state index in [1.54, 1.807) is 6.07 Å². The molecule has 1 atom stereocenters. The largest absolute Gasteiger partial charge is 0.490 e. The van der Waals surface area contributed by atoms with Gasteiger partial charge >= 0.3 is 0 Å². The first-order chi connectivity index (χ1) is 13.5. The molecule has 7 nitrogen and oxygen atoms in total. The van der Waals surface area contributed by atoms with E-state index in [1.165, 1.54) is 0 Å². The quantitative estimate of drug-likeness (QED) is 0.817. The number of hydrogen-bond donors (Lipinski definition) is 1. The fourth-order valence-corrected chi connectivity index (χ4v) is 4.52. The molecular formula is C20H27ClN4O3. The number of carbonyl (C=O) groups is 2. The van der Waals surface area contributed by atoms with Crippen LogP contribution >= 0.6 is 11.6 Å². The van der Waals surface area contributed by atoms with E-state index in [2.05, 4.69) is 10.2 Å². The van der Waals surface area contributed by atoms with Gasteiger partial charge in [0.1, 0.15) is 12.4 Å². The Balaban J connectivity index is 1.28. The number of nitrogens with one attached hydrogen (secondary N) is 1. The molecule has 3 aliphatic heterocycles. The van der Waals surface area contributed by atoms with Gasteiger partial charge < -0.3 is 19.9 Å². The molecular weight excluding hydrogens is 380 g/mol. The predicted octanol–water partition coefficient (Wildman–Crippen LogP) is 1.35. The molecule has 0 spiro atoms. The number of ether oxygens (including phenoxy) is 1. The number of benzene rings is 1. The SMILES string of the molecule is CN1CCC(N2CCC(NC(=O)CN3CCOc4ccc(Cl)cc43)CC2)C1=O. The number of halogens is 1. The summed E-state index contributed by atoms with van der Waals surface area (Å²) in [6, 6.07) is 5.68. The van der Waals surface area contributed by atoms with Gasteiger partial charge in [0.25, 0.3) is 0 Å². The van der Waals surface area contributed by atoms with Gasteiger partial charge in [0.05, 0.1) is 24.8 Å². The summed E-state index contributed by atoms with van der Waals surface area (Å²) in [5.74, 6) is 1.01. The van der Waals surface area contributed by atoms with E-state index in [9.17, 15) is 9.59 Å². The van der Waals surface area contributed by atoms with Gasteiger partial charge in [0.2, 0.25) is 11.8 Å². The molecule has 2 fully saturated rings. The van der Waals surface area contributed by atoms with Crippen molar-refractivity contribution in [2.75, 3.05) is 51.3 Å². The number of nitrogens with zero attached hydrogens (tertiary/aromatic N) is 3. The first kappa shape index (κ1) is 19.3. The van der Waals surface area contributed by atoms with Gasteiger partial charge in [-0.05, 0) is 37.5 Å². The van der Waals surface area contributed by atoms with E-state index in [0.717, 1.165) is 50.3 Å². The maximum Gasteiger partial charge on any atom is 0.239 e. The number of anilines is 1. The maximum absolute atomic E-state index is 12.6. The zero-order valence-electron chi connectivity index (χ0n) is 16.2. The number of carbonyl (C=O) groups excluding carboxylic acids is 2. The van der Waals surface area contributed by atoms with E-state index in [1.807, 2.05) is 29.0 Å². The summed E-state index contributed by atoms with van der Waals surface area (Å²) in [6.07, 6.45) is 2.67. The fraction of sp³-hybridized carbons (Fsp3) is 0.600. The second kappa shape index (κ2) is 8.17. The summed E-state index contributed by atoms with van der Waals surface area (Å²) in [4.78, 5) is 30.9. The third kappa shape index (κ3) is 4.05. The molecule has 8 heteroatoms. The minimum Gasteiger partial charge on any atom is -0.490 e. The number of likely N-dealkylation sites (N-methyl/N-ethyl adjacent to an activating group) is 1. The lowest BCUT2D eigenvalue weighted by atomic mass is 10.0. The third-order valence-electron chi connectivity index (χ3n) is 5.95. The van der Waals surface area contributed by atoms with Crippen molar-refractivity contribution in [3.63, 3.8) is 0 Å². The fourth-order valence-electron chi connectivity index (χ4n) is 4.36. The van der Waals surface area contributed by atoms with Crippen LogP contribution in [0.4, 0.5) is 5.69 Å². The number of hydrogen-bond acceptors (Lipinski definition) is 5. The van der Waals surface area contributed by atoms with Crippen molar-refractivity contribution in [2.45, 2.75) is 31.3 Å². The Hall–Kier alpha value is -1.99. The van der Waals surface area contributed by atoms with Crippen molar-refractivity contribution in [1.82, 2.24) is 15.1 Å². The van der Waals surface area contributed by atoms with Crippen LogP contribution in [0.25, 0.3) is 0 Å². The molecule has 0 aromatic heterocycles.